The zero-order valence-electron chi connectivity index (χ0n) is 10.7. The molecule has 0 bridgehead atoms. The fourth-order valence-corrected chi connectivity index (χ4v) is 2.16. The van der Waals surface area contributed by atoms with Crippen LogP contribution >= 0.6 is 0 Å². The molecule has 0 radical (unpaired) electrons. The Morgan fingerprint density at radius 1 is 0.905 bits per heavy atom. The van der Waals surface area contributed by atoms with Crippen LogP contribution < -0.4 is 5.55 Å². The van der Waals surface area contributed by atoms with Crippen LogP contribution in [0.15, 0.2) is 59.0 Å². The van der Waals surface area contributed by atoms with Crippen LogP contribution in [0.2, 0.25) is 0 Å². The third kappa shape index (κ3) is 2.54. The Bertz CT molecular complexity index is 865. The van der Waals surface area contributed by atoms with Gasteiger partial charge in [-0.25, -0.2) is 0 Å². The van der Waals surface area contributed by atoms with Crippen molar-refractivity contribution >= 4 is 11.0 Å². The van der Waals surface area contributed by atoms with Crippen molar-refractivity contribution in [3.63, 3.8) is 0 Å². The second kappa shape index (κ2) is 4.77. The molecule has 0 fully saturated rings. The summed E-state index contributed by atoms with van der Waals surface area (Å²) in [5, 5.41) is 8.61. The maximum atomic E-state index is 12.8. The van der Waals surface area contributed by atoms with Crippen LogP contribution in [0.25, 0.3) is 22.1 Å². The number of nitrogens with one attached hydrogen (secondary N) is 1. The average Bonchev–Trinajstić information content (AvgIpc) is 2.46. The predicted octanol–water partition coefficient (Wildman–Crippen LogP) is 4.60. The summed E-state index contributed by atoms with van der Waals surface area (Å²) in [5.74, 6) is 0. The molecule has 0 saturated carbocycles. The molecule has 0 aliphatic heterocycles. The number of halogens is 3. The van der Waals surface area contributed by atoms with Crippen LogP contribution in [-0.4, -0.2) is 0 Å². The van der Waals surface area contributed by atoms with Gasteiger partial charge in [0, 0.05) is 10.9 Å². The molecule has 1 aromatic heterocycles. The van der Waals surface area contributed by atoms with Gasteiger partial charge in [0.05, 0.1) is 5.56 Å². The summed E-state index contributed by atoms with van der Waals surface area (Å²) in [7, 11) is 0. The summed E-state index contributed by atoms with van der Waals surface area (Å²) in [6.07, 6.45) is -4.41. The number of fused-ring (bicyclic) bond motifs is 1. The molecule has 0 aliphatic carbocycles. The van der Waals surface area contributed by atoms with Gasteiger partial charge in [0.25, 0.3) is 0 Å². The van der Waals surface area contributed by atoms with Crippen LogP contribution in [0.1, 0.15) is 5.56 Å². The van der Waals surface area contributed by atoms with Crippen LogP contribution in [0, 0.1) is 5.41 Å². The second-order valence-corrected chi connectivity index (χ2v) is 4.61. The lowest BCUT2D eigenvalue weighted by Gasteiger charge is -2.09. The van der Waals surface area contributed by atoms with Crippen molar-refractivity contribution in [2.45, 2.75) is 6.18 Å². The van der Waals surface area contributed by atoms with Gasteiger partial charge >= 0.3 is 6.18 Å². The van der Waals surface area contributed by atoms with E-state index < -0.39 is 11.7 Å². The fourth-order valence-electron chi connectivity index (χ4n) is 2.16. The van der Waals surface area contributed by atoms with Crippen molar-refractivity contribution in [3.8, 4) is 11.1 Å². The minimum Gasteiger partial charge on any atom is -0.438 e. The van der Waals surface area contributed by atoms with E-state index in [2.05, 4.69) is 0 Å². The molecule has 0 unspecified atom stereocenters. The molecule has 0 spiro atoms. The van der Waals surface area contributed by atoms with Gasteiger partial charge in [-0.05, 0) is 29.8 Å². The van der Waals surface area contributed by atoms with Gasteiger partial charge < -0.3 is 4.42 Å². The van der Waals surface area contributed by atoms with Crippen molar-refractivity contribution in [1.82, 2.24) is 0 Å². The lowest BCUT2D eigenvalue weighted by Crippen LogP contribution is -2.07. The Balaban J connectivity index is 2.21. The molecule has 0 amide bonds. The Hall–Kier alpha value is -2.56. The zero-order chi connectivity index (χ0) is 15.0. The third-order valence-corrected chi connectivity index (χ3v) is 3.18. The summed E-state index contributed by atoms with van der Waals surface area (Å²) >= 11 is 0. The predicted molar refractivity (Wildman–Crippen MR) is 72.5 cm³/mol. The van der Waals surface area contributed by atoms with E-state index in [1.165, 1.54) is 12.1 Å². The smallest absolute Gasteiger partial charge is 0.416 e. The summed E-state index contributed by atoms with van der Waals surface area (Å²) in [5.41, 5.74) is 0.267. The standard InChI is InChI=1S/C16H10F3NO/c17-16(18,19)12-6-3-5-10(8-12)13-9-11-4-1-2-7-14(11)21-15(13)20/h1-9,20H. The Kier molecular flexibility index (Phi) is 3.05. The first-order valence-electron chi connectivity index (χ1n) is 6.20. The minimum absolute atomic E-state index is 0.159. The molecule has 2 aromatic carbocycles. The normalized spacial score (nSPS) is 11.8. The van der Waals surface area contributed by atoms with E-state index in [0.29, 0.717) is 16.7 Å². The average molecular weight is 289 g/mol. The highest BCUT2D eigenvalue weighted by atomic mass is 19.4. The maximum Gasteiger partial charge on any atom is 0.416 e. The molecule has 1 N–H and O–H groups in total. The minimum atomic E-state index is -4.41. The largest absolute Gasteiger partial charge is 0.438 e. The van der Waals surface area contributed by atoms with Gasteiger partial charge in [0.1, 0.15) is 5.58 Å². The lowest BCUT2D eigenvalue weighted by atomic mass is 10.0. The quantitative estimate of drug-likeness (QED) is 0.698. The van der Waals surface area contributed by atoms with Gasteiger partial charge in [0.15, 0.2) is 0 Å². The molecule has 3 aromatic rings. The Morgan fingerprint density at radius 3 is 2.43 bits per heavy atom. The van der Waals surface area contributed by atoms with Gasteiger partial charge in [-0.15, -0.1) is 0 Å². The molecule has 5 heteroatoms. The first-order valence-corrected chi connectivity index (χ1v) is 6.20. The topological polar surface area (TPSA) is 37.0 Å². The van der Waals surface area contributed by atoms with Crippen LogP contribution in [0.3, 0.4) is 0 Å². The van der Waals surface area contributed by atoms with E-state index in [1.807, 2.05) is 0 Å². The number of hydrogen-bond donors (Lipinski definition) is 1. The number of rotatable bonds is 1. The lowest BCUT2D eigenvalue weighted by molar-refractivity contribution is -0.137. The SMILES string of the molecule is N=c1oc2ccccc2cc1-c1cccc(C(F)(F)F)c1. The summed E-state index contributed by atoms with van der Waals surface area (Å²) in [4.78, 5) is 0. The molecule has 3 rings (SSSR count). The Morgan fingerprint density at radius 2 is 1.67 bits per heavy atom. The summed E-state index contributed by atoms with van der Waals surface area (Å²) < 4.78 is 43.7. The highest BCUT2D eigenvalue weighted by molar-refractivity contribution is 5.81. The maximum absolute atomic E-state index is 12.8. The number of hydrogen-bond acceptors (Lipinski definition) is 2. The fraction of sp³-hybridized carbons (Fsp3) is 0.0625. The van der Waals surface area contributed by atoms with Gasteiger partial charge in [-0.2, -0.15) is 13.2 Å². The van der Waals surface area contributed by atoms with Crippen molar-refractivity contribution in [2.75, 3.05) is 0 Å². The third-order valence-electron chi connectivity index (χ3n) is 3.18. The van der Waals surface area contributed by atoms with E-state index >= 15 is 0 Å². The van der Waals surface area contributed by atoms with Crippen molar-refractivity contribution in [3.05, 3.63) is 65.7 Å². The molecule has 0 atom stereocenters. The molecule has 21 heavy (non-hydrogen) atoms. The highest BCUT2D eigenvalue weighted by Crippen LogP contribution is 2.31. The van der Waals surface area contributed by atoms with E-state index in [0.717, 1.165) is 17.5 Å². The summed E-state index contributed by atoms with van der Waals surface area (Å²) in [6, 6.07) is 13.6. The van der Waals surface area contributed by atoms with Gasteiger partial charge in [-0.3, -0.25) is 5.41 Å². The van der Waals surface area contributed by atoms with Crippen molar-refractivity contribution in [1.29, 1.82) is 5.41 Å². The van der Waals surface area contributed by atoms with Crippen LogP contribution in [0.5, 0.6) is 0 Å². The van der Waals surface area contributed by atoms with Crippen molar-refractivity contribution < 1.29 is 17.6 Å². The number of alkyl halides is 3. The van der Waals surface area contributed by atoms with Gasteiger partial charge in [0.2, 0.25) is 5.55 Å². The van der Waals surface area contributed by atoms with E-state index in [4.69, 9.17) is 9.83 Å². The first kappa shape index (κ1) is 13.4. The van der Waals surface area contributed by atoms with E-state index in [1.54, 1.807) is 30.3 Å². The second-order valence-electron chi connectivity index (χ2n) is 4.61. The molecule has 1 heterocycles. The Labute approximate surface area is 118 Å². The number of benzene rings is 2. The molecule has 0 aliphatic rings. The highest BCUT2D eigenvalue weighted by Gasteiger charge is 2.30. The molecule has 106 valence electrons. The van der Waals surface area contributed by atoms with E-state index in [-0.39, 0.29) is 5.55 Å². The molecule has 2 nitrogen and oxygen atoms in total. The van der Waals surface area contributed by atoms with Crippen LogP contribution in [0.4, 0.5) is 13.2 Å². The number of para-hydroxylation sites is 1. The monoisotopic (exact) mass is 289 g/mol. The zero-order valence-corrected chi connectivity index (χ0v) is 10.7. The van der Waals surface area contributed by atoms with E-state index in [9.17, 15) is 13.2 Å². The molecular weight excluding hydrogens is 279 g/mol. The molecular formula is C16H10F3NO. The van der Waals surface area contributed by atoms with Crippen molar-refractivity contribution in [2.24, 2.45) is 0 Å². The summed E-state index contributed by atoms with van der Waals surface area (Å²) in [6.45, 7) is 0. The molecule has 0 saturated heterocycles. The first-order chi connectivity index (χ1) is 9.95. The van der Waals surface area contributed by atoms with Gasteiger partial charge in [-0.1, -0.05) is 30.3 Å². The van der Waals surface area contributed by atoms with Crippen LogP contribution in [-0.2, 0) is 6.18 Å².